The molecule has 436 valence electrons. The van der Waals surface area contributed by atoms with Gasteiger partial charge in [-0.1, -0.05) is 0 Å². The van der Waals surface area contributed by atoms with E-state index in [-0.39, 0.29) is 29.3 Å². The minimum atomic E-state index is -1.82. The SMILES string of the molecule is CC(=O)OC[C@H]1O[C@H](n2cc(NC(=O)c3cc(NC(=O)c4cc([N+](=O)[O-])cn4C)cn3[C@H]3O[C@H](COC(C)=O)[C@@H](OC(C)=O)[C@@H](OC(C)=O)[C@H]3OC(C)=O)cc2C(=O)NCCCN(C)C)[C@H](OC(C)=O)[C@H](OC(C)=O)[C@@H]1OC(C)=O. The van der Waals surface area contributed by atoms with Gasteiger partial charge in [-0.25, -0.2) is 0 Å². The Bertz CT molecular complexity index is 2870. The minimum absolute atomic E-state index is 0.0938. The molecule has 0 saturated carbocycles. The molecule has 10 atom stereocenters. The summed E-state index contributed by atoms with van der Waals surface area (Å²) in [6.07, 6.45) is -13.0. The van der Waals surface area contributed by atoms with Gasteiger partial charge in [-0.3, -0.25) is 62.9 Å². The fourth-order valence-electron chi connectivity index (χ4n) is 8.69. The van der Waals surface area contributed by atoms with Gasteiger partial charge < -0.3 is 81.9 Å². The zero-order chi connectivity index (χ0) is 59.4. The average Bonchev–Trinajstić information content (AvgIpc) is 4.13. The van der Waals surface area contributed by atoms with E-state index in [1.165, 1.54) is 13.1 Å². The lowest BCUT2D eigenvalue weighted by molar-refractivity contribution is -0.384. The maximum absolute atomic E-state index is 15.1. The Labute approximate surface area is 455 Å². The van der Waals surface area contributed by atoms with Gasteiger partial charge in [-0.05, 0) is 39.2 Å². The van der Waals surface area contributed by atoms with E-state index in [9.17, 15) is 58.1 Å². The fraction of sp³-hybridized carbons (Fsp3) is 0.531. The molecule has 2 aliphatic heterocycles. The lowest BCUT2D eigenvalue weighted by Gasteiger charge is -2.45. The van der Waals surface area contributed by atoms with E-state index in [0.717, 1.165) is 99.8 Å². The van der Waals surface area contributed by atoms with E-state index >= 15 is 4.79 Å². The highest BCUT2D eigenvalue weighted by Crippen LogP contribution is 2.39. The van der Waals surface area contributed by atoms with E-state index in [1.54, 1.807) is 0 Å². The summed E-state index contributed by atoms with van der Waals surface area (Å²) in [5.41, 5.74) is -1.88. The topological polar surface area (TPSA) is 377 Å². The molecule has 5 heterocycles. The van der Waals surface area contributed by atoms with Gasteiger partial charge in [0.1, 0.15) is 42.5 Å². The first-order chi connectivity index (χ1) is 37.5. The number of aromatic nitrogens is 3. The van der Waals surface area contributed by atoms with Crippen LogP contribution in [0.25, 0.3) is 0 Å². The third-order valence-electron chi connectivity index (χ3n) is 11.7. The molecule has 3 aromatic heterocycles. The molecule has 3 amide bonds. The Hall–Kier alpha value is -8.71. The normalized spacial score (nSPS) is 22.4. The molecule has 0 bridgehead atoms. The summed E-state index contributed by atoms with van der Waals surface area (Å²) in [6, 6.07) is 3.24. The summed E-state index contributed by atoms with van der Waals surface area (Å²) in [7, 11) is 4.98. The summed E-state index contributed by atoms with van der Waals surface area (Å²) in [5, 5.41) is 19.6. The van der Waals surface area contributed by atoms with Crippen molar-refractivity contribution in [3.05, 3.63) is 64.0 Å². The number of rotatable bonds is 22. The van der Waals surface area contributed by atoms with E-state index < -0.39 is 156 Å². The number of esters is 8. The number of anilines is 2. The minimum Gasteiger partial charge on any atom is -0.463 e. The second kappa shape index (κ2) is 27.2. The smallest absolute Gasteiger partial charge is 0.303 e. The van der Waals surface area contributed by atoms with Gasteiger partial charge in [0.2, 0.25) is 0 Å². The van der Waals surface area contributed by atoms with Gasteiger partial charge in [0.15, 0.2) is 49.1 Å². The predicted octanol–water partition coefficient (Wildman–Crippen LogP) is 1.23. The average molecular weight is 1130 g/mol. The molecular weight excluding hydrogens is 1070 g/mol. The van der Waals surface area contributed by atoms with Gasteiger partial charge in [0, 0.05) is 87.4 Å². The van der Waals surface area contributed by atoms with Crippen LogP contribution in [0.15, 0.2) is 36.8 Å². The molecule has 0 radical (unpaired) electrons. The number of hydrogen-bond donors (Lipinski definition) is 3. The van der Waals surface area contributed by atoms with Gasteiger partial charge in [-0.2, -0.15) is 0 Å². The number of hydrogen-bond acceptors (Lipinski definition) is 24. The molecule has 0 unspecified atom stereocenters. The van der Waals surface area contributed by atoms with Gasteiger partial charge in [0.25, 0.3) is 23.4 Å². The van der Waals surface area contributed by atoms with Crippen molar-refractivity contribution in [2.75, 3.05) is 51.0 Å². The van der Waals surface area contributed by atoms with E-state index in [4.69, 9.17) is 47.4 Å². The molecule has 2 fully saturated rings. The van der Waals surface area contributed by atoms with Crippen molar-refractivity contribution in [1.29, 1.82) is 0 Å². The summed E-state index contributed by atoms with van der Waals surface area (Å²) in [6.45, 7) is 7.47. The first kappa shape index (κ1) is 62.1. The second-order valence-electron chi connectivity index (χ2n) is 18.5. The number of ether oxygens (including phenoxy) is 10. The van der Waals surface area contributed by atoms with E-state index in [2.05, 4.69) is 16.0 Å². The lowest BCUT2D eigenvalue weighted by Crippen LogP contribution is -2.60. The highest BCUT2D eigenvalue weighted by molar-refractivity contribution is 6.07. The number of nitrogens with one attached hydrogen (secondary N) is 3. The molecule has 0 aromatic carbocycles. The molecule has 31 heteroatoms. The Morgan fingerprint density at radius 1 is 0.537 bits per heavy atom. The summed E-state index contributed by atoms with van der Waals surface area (Å²) in [4.78, 5) is 156. The third-order valence-corrected chi connectivity index (χ3v) is 11.7. The number of nitrogens with zero attached hydrogens (tertiary/aromatic N) is 5. The van der Waals surface area contributed by atoms with Crippen molar-refractivity contribution < 1.29 is 105 Å². The largest absolute Gasteiger partial charge is 0.463 e. The van der Waals surface area contributed by atoms with Gasteiger partial charge >= 0.3 is 47.8 Å². The molecule has 2 saturated heterocycles. The zero-order valence-electron chi connectivity index (χ0n) is 45.4. The van der Waals surface area contributed by atoms with Gasteiger partial charge in [0.05, 0.1) is 22.5 Å². The molecule has 0 spiro atoms. The van der Waals surface area contributed by atoms with Crippen molar-refractivity contribution in [2.45, 2.75) is 123 Å². The van der Waals surface area contributed by atoms with Crippen molar-refractivity contribution in [2.24, 2.45) is 7.05 Å². The van der Waals surface area contributed by atoms with E-state index in [0.29, 0.717) is 13.0 Å². The lowest BCUT2D eigenvalue weighted by atomic mass is 9.97. The standard InChI is InChI=1S/C49H62N8O23/c1-23(58)71-21-37-39(73-25(3)60)41(75-27(5)62)43(77-29(7)64)48(79-37)55-18-31(15-35(55)45(66)50-13-12-14-53(9)10)52-47(68)36-16-32(51-46(67)34-17-33(57(69)70)20-54(34)11)19-56(36)49-44(78-30(8)65)42(76-28(6)63)40(74-26(4)61)38(80-49)22-72-24(2)59/h15-20,37-44,48-49H,12-14,21-22H2,1-11H3,(H,50,66)(H,51,67)(H,52,68)/t37-,38-,39-,40-,41-,42-,43-,44-,48+,49+/m1/s1. The van der Waals surface area contributed by atoms with Crippen LogP contribution in [-0.2, 0) is 92.8 Å². The maximum atomic E-state index is 15.1. The molecular formula is C49H62N8O23. The number of aryl methyl sites for hydroxylation is 1. The highest BCUT2D eigenvalue weighted by atomic mass is 16.7. The maximum Gasteiger partial charge on any atom is 0.303 e. The van der Waals surface area contributed by atoms with Crippen LogP contribution in [0.1, 0.15) is 106 Å². The van der Waals surface area contributed by atoms with Crippen LogP contribution in [-0.4, -0.2) is 178 Å². The zero-order valence-corrected chi connectivity index (χ0v) is 45.4. The first-order valence-electron chi connectivity index (χ1n) is 24.5. The Morgan fingerprint density at radius 3 is 1.27 bits per heavy atom. The van der Waals surface area contributed by atoms with Crippen LogP contribution < -0.4 is 16.0 Å². The first-order valence-corrected chi connectivity index (χ1v) is 24.5. The monoisotopic (exact) mass is 1130 g/mol. The van der Waals surface area contributed by atoms with Crippen molar-refractivity contribution in [3.63, 3.8) is 0 Å². The van der Waals surface area contributed by atoms with Gasteiger partial charge in [-0.15, -0.1) is 0 Å². The molecule has 5 rings (SSSR count). The summed E-state index contributed by atoms with van der Waals surface area (Å²) < 4.78 is 60.1. The molecule has 2 aliphatic rings. The van der Waals surface area contributed by atoms with Crippen LogP contribution in [0.5, 0.6) is 0 Å². The van der Waals surface area contributed by atoms with Crippen LogP contribution >= 0.6 is 0 Å². The van der Waals surface area contributed by atoms with E-state index in [1.807, 2.05) is 19.0 Å². The van der Waals surface area contributed by atoms with Crippen molar-refractivity contribution in [1.82, 2.24) is 23.9 Å². The molecule has 3 aromatic rings. The Balaban J connectivity index is 1.73. The molecule has 31 nitrogen and oxygen atoms in total. The summed E-state index contributed by atoms with van der Waals surface area (Å²) >= 11 is 0. The number of amides is 3. The fourth-order valence-corrected chi connectivity index (χ4v) is 8.69. The Morgan fingerprint density at radius 2 is 0.912 bits per heavy atom. The number of carbonyl (C=O) groups excluding carboxylic acids is 11. The summed E-state index contributed by atoms with van der Waals surface area (Å²) in [5.74, 6) is -10.2. The molecule has 80 heavy (non-hydrogen) atoms. The molecule has 0 aliphatic carbocycles. The second-order valence-corrected chi connectivity index (χ2v) is 18.5. The quantitative estimate of drug-likeness (QED) is 0.0419. The highest BCUT2D eigenvalue weighted by Gasteiger charge is 2.55. The Kier molecular flexibility index (Phi) is 21.2. The van der Waals surface area contributed by atoms with Crippen LogP contribution in [0, 0.1) is 10.1 Å². The predicted molar refractivity (Wildman–Crippen MR) is 267 cm³/mol. The molecule has 3 N–H and O–H groups in total. The van der Waals surface area contributed by atoms with Crippen LogP contribution in [0.2, 0.25) is 0 Å². The third kappa shape index (κ3) is 16.4. The number of nitro groups is 1. The van der Waals surface area contributed by atoms with Crippen LogP contribution in [0.3, 0.4) is 0 Å². The number of carbonyl (C=O) groups is 11. The van der Waals surface area contributed by atoms with Crippen molar-refractivity contribution in [3.8, 4) is 0 Å². The van der Waals surface area contributed by atoms with Crippen LogP contribution in [0.4, 0.5) is 17.1 Å². The van der Waals surface area contributed by atoms with Crippen molar-refractivity contribution >= 4 is 82.5 Å².